The van der Waals surface area contributed by atoms with E-state index in [0.717, 1.165) is 55.4 Å². The molecule has 4 heterocycles. The van der Waals surface area contributed by atoms with Gasteiger partial charge in [-0.3, -0.25) is 38.4 Å². The first-order chi connectivity index (χ1) is 39.4. The molecule has 0 bridgehead atoms. The maximum Gasteiger partial charge on any atom is 0.303 e. The van der Waals surface area contributed by atoms with Crippen molar-refractivity contribution in [2.45, 2.75) is 169 Å². The van der Waals surface area contributed by atoms with E-state index < -0.39 is 181 Å². The highest BCUT2D eigenvalue weighted by molar-refractivity contribution is 6.11. The first kappa shape index (κ1) is 61.5. The van der Waals surface area contributed by atoms with Crippen molar-refractivity contribution < 1.29 is 135 Å². The summed E-state index contributed by atoms with van der Waals surface area (Å²) in [5.41, 5.74) is -1.32. The van der Waals surface area contributed by atoms with E-state index in [1.807, 2.05) is 0 Å². The molecule has 4 aliphatic rings. The Bertz CT molecular complexity index is 3360. The maximum absolute atomic E-state index is 12.8. The number of ether oxygens (including phenoxy) is 14. The zero-order valence-electron chi connectivity index (χ0n) is 47.3. The van der Waals surface area contributed by atoms with Gasteiger partial charge in [0.1, 0.15) is 48.4 Å². The first-order valence-corrected chi connectivity index (χ1v) is 26.2. The van der Waals surface area contributed by atoms with E-state index in [2.05, 4.69) is 0 Å². The van der Waals surface area contributed by atoms with Gasteiger partial charge in [-0.15, -0.1) is 0 Å². The van der Waals surface area contributed by atoms with Gasteiger partial charge in [0.15, 0.2) is 47.4 Å². The van der Waals surface area contributed by atoms with Crippen LogP contribution < -0.4 is 18.9 Å². The van der Waals surface area contributed by atoms with Gasteiger partial charge in [-0.2, -0.15) is 0 Å². The molecule has 84 heavy (non-hydrogen) atoms. The largest absolute Gasteiger partial charge is 0.507 e. The van der Waals surface area contributed by atoms with Gasteiger partial charge in [0.05, 0.1) is 22.3 Å². The summed E-state index contributed by atoms with van der Waals surface area (Å²) in [6.45, 7) is 13.6. The summed E-state index contributed by atoms with van der Waals surface area (Å²) in [5.74, 6) is -13.1. The highest BCUT2D eigenvalue weighted by Crippen LogP contribution is 2.64. The molecular weight excluding hydrogens is 1120 g/mol. The number of carbonyl (C=O) groups excluding carboxylic acids is 8. The van der Waals surface area contributed by atoms with Crippen molar-refractivity contribution in [3.8, 4) is 57.1 Å². The van der Waals surface area contributed by atoms with Crippen LogP contribution in [-0.2, 0) is 85.7 Å². The van der Waals surface area contributed by atoms with Crippen molar-refractivity contribution in [1.29, 1.82) is 0 Å². The van der Waals surface area contributed by atoms with Crippen LogP contribution in [0.1, 0.15) is 130 Å². The zero-order valence-corrected chi connectivity index (χ0v) is 47.3. The summed E-state index contributed by atoms with van der Waals surface area (Å²) in [5, 5.41) is 73.0. The second-order valence-corrected chi connectivity index (χ2v) is 20.7. The second-order valence-electron chi connectivity index (χ2n) is 20.7. The average molecular weight is 1180 g/mol. The molecule has 0 spiro atoms. The number of rotatable bonds is 17. The number of benzene rings is 4. The van der Waals surface area contributed by atoms with Crippen LogP contribution in [0.25, 0.3) is 32.7 Å². The van der Waals surface area contributed by atoms with Gasteiger partial charge in [-0.05, 0) is 34.7 Å². The Hall–Kier alpha value is -8.60. The molecule has 12 atom stereocenters. The molecule has 0 aliphatic carbocycles. The fourth-order valence-electron chi connectivity index (χ4n) is 11.0. The van der Waals surface area contributed by atoms with E-state index in [1.165, 1.54) is 12.1 Å². The number of phenolic OH excluding ortho intramolecular Hbond substituents is 4. The Morgan fingerprint density at radius 2 is 0.798 bits per heavy atom. The van der Waals surface area contributed by atoms with Gasteiger partial charge in [0.2, 0.25) is 37.4 Å². The number of aliphatic hydroxyl groups is 2. The van der Waals surface area contributed by atoms with Gasteiger partial charge >= 0.3 is 47.8 Å². The summed E-state index contributed by atoms with van der Waals surface area (Å²) >= 11 is 0. The van der Waals surface area contributed by atoms with E-state index in [1.54, 1.807) is 27.7 Å². The van der Waals surface area contributed by atoms with E-state index in [9.17, 15) is 69.0 Å². The van der Waals surface area contributed by atoms with Crippen molar-refractivity contribution in [3.63, 3.8) is 0 Å². The SMILES string of the molecule is CC(=O)OC[C@H]1O[C@@H](Oc2c(O)c3c4c(c(-c5c(O)cc6c(C(C)C)c(O)c(O[C@@H]7O[C@H](COC(C)=O)[C@@H](OC(C)=O)[C@H](OC(C)=O)[C@H]7OC(C)=O)c7c6c5OC7O)c(O)cc4c2C(C)C)OC3O)[C@H](OC(C)=O)[C@@H](OC(C)=O)[C@@H]1OC(C)=O. The van der Waals surface area contributed by atoms with Crippen molar-refractivity contribution in [2.75, 3.05) is 13.2 Å². The van der Waals surface area contributed by atoms with Crippen LogP contribution in [0.4, 0.5) is 0 Å². The molecule has 0 saturated carbocycles. The average Bonchev–Trinajstić information content (AvgIpc) is 1.47. The molecule has 28 nitrogen and oxygen atoms in total. The minimum atomic E-state index is -2.11. The molecule has 2 unspecified atom stereocenters. The third-order valence-electron chi connectivity index (χ3n) is 13.8. The lowest BCUT2D eigenvalue weighted by Crippen LogP contribution is -2.63. The first-order valence-electron chi connectivity index (χ1n) is 26.2. The van der Waals surface area contributed by atoms with Gasteiger partial charge in [0.25, 0.3) is 0 Å². The molecule has 4 aliphatic heterocycles. The van der Waals surface area contributed by atoms with Gasteiger partial charge in [-0.25, -0.2) is 0 Å². The summed E-state index contributed by atoms with van der Waals surface area (Å²) in [6, 6.07) is 2.38. The molecular formula is C56H62O28. The van der Waals surface area contributed by atoms with Crippen molar-refractivity contribution in [2.24, 2.45) is 0 Å². The molecule has 0 aromatic heterocycles. The third-order valence-corrected chi connectivity index (χ3v) is 13.8. The number of hydrogen-bond acceptors (Lipinski definition) is 28. The summed E-state index contributed by atoms with van der Waals surface area (Å²) < 4.78 is 81.0. The molecule has 6 N–H and O–H groups in total. The summed E-state index contributed by atoms with van der Waals surface area (Å²) in [6.07, 6.45) is -21.2. The Morgan fingerprint density at radius 3 is 1.18 bits per heavy atom. The molecule has 2 fully saturated rings. The summed E-state index contributed by atoms with van der Waals surface area (Å²) in [4.78, 5) is 99.7. The van der Waals surface area contributed by atoms with Gasteiger partial charge in [0, 0.05) is 77.3 Å². The predicted molar refractivity (Wildman–Crippen MR) is 278 cm³/mol. The van der Waals surface area contributed by atoms with Crippen LogP contribution in [-0.4, -0.2) is 153 Å². The standard InChI is InChI=1S/C56H62O28/c1-17(2)33-27-13-29(65)38(46-36(27)40(54(70)82-46)48(41(33)67)84-56-52(78-26(12)64)50(76-24(10)62)44(74-22(8)60)32(80-56)16-72-20(6)58)37-30(66)14-28-34(18(3)4)47(42(68)39-35(28)45(37)81-53(39)69)83-55-51(77-25(11)63)49(75-23(9)61)43(73-21(7)59)31(79-55)15-71-19(5)57/h13-14,17-18,31-32,43-44,49-56,65-70H,15-16H2,1-12H3/t31-,32-,43-,44-,49+,50+,51-,52-,53?,54?,55+,56+/m1/s1. The number of esters is 8. The highest BCUT2D eigenvalue weighted by Gasteiger charge is 2.56. The van der Waals surface area contributed by atoms with E-state index in [4.69, 9.17) is 66.3 Å². The fraction of sp³-hybridized carbons (Fsp3) is 0.500. The lowest BCUT2D eigenvalue weighted by molar-refractivity contribution is -0.288. The van der Waals surface area contributed by atoms with Crippen LogP contribution in [0.3, 0.4) is 0 Å². The molecule has 0 amide bonds. The van der Waals surface area contributed by atoms with E-state index in [-0.39, 0.29) is 66.4 Å². The van der Waals surface area contributed by atoms with Crippen LogP contribution in [0.2, 0.25) is 0 Å². The quantitative estimate of drug-likeness (QED) is 0.0629. The Kier molecular flexibility index (Phi) is 17.5. The minimum Gasteiger partial charge on any atom is -0.507 e. The van der Waals surface area contributed by atoms with E-state index >= 15 is 0 Å². The number of aliphatic hydroxyl groups excluding tert-OH is 2. The number of phenols is 4. The molecule has 8 rings (SSSR count). The fourth-order valence-corrected chi connectivity index (χ4v) is 11.0. The topological polar surface area (TPSA) is 387 Å². The lowest BCUT2D eigenvalue weighted by Gasteiger charge is -2.44. The third kappa shape index (κ3) is 11.7. The molecule has 4 aromatic rings. The van der Waals surface area contributed by atoms with Crippen molar-refractivity contribution >= 4 is 69.3 Å². The Balaban J connectivity index is 1.32. The zero-order chi connectivity index (χ0) is 61.8. The number of carbonyl (C=O) groups is 8. The molecule has 454 valence electrons. The summed E-state index contributed by atoms with van der Waals surface area (Å²) in [7, 11) is 0. The van der Waals surface area contributed by atoms with Gasteiger partial charge < -0.3 is 97.0 Å². The van der Waals surface area contributed by atoms with Crippen molar-refractivity contribution in [1.82, 2.24) is 0 Å². The monoisotopic (exact) mass is 1180 g/mol. The molecule has 28 heteroatoms. The number of hydrogen-bond donors (Lipinski definition) is 6. The Morgan fingerprint density at radius 1 is 0.452 bits per heavy atom. The minimum absolute atomic E-state index is 0.0529. The smallest absolute Gasteiger partial charge is 0.303 e. The van der Waals surface area contributed by atoms with Crippen molar-refractivity contribution in [3.05, 3.63) is 34.4 Å². The molecule has 4 aromatic carbocycles. The lowest BCUT2D eigenvalue weighted by atomic mass is 9.86. The predicted octanol–water partition coefficient (Wildman–Crippen LogP) is 4.42. The van der Waals surface area contributed by atoms with Gasteiger partial charge in [-0.1, -0.05) is 27.7 Å². The van der Waals surface area contributed by atoms with E-state index in [0.29, 0.717) is 0 Å². The normalized spacial score (nSPS) is 24.8. The van der Waals surface area contributed by atoms with Crippen LogP contribution in [0, 0.1) is 0 Å². The molecule has 2 saturated heterocycles. The van der Waals surface area contributed by atoms with Crippen LogP contribution in [0.5, 0.6) is 46.0 Å². The van der Waals surface area contributed by atoms with Crippen LogP contribution >= 0.6 is 0 Å². The second kappa shape index (κ2) is 23.9. The number of aromatic hydroxyl groups is 4. The highest BCUT2D eigenvalue weighted by atomic mass is 16.8. The van der Waals surface area contributed by atoms with Crippen LogP contribution in [0.15, 0.2) is 12.1 Å². The maximum atomic E-state index is 12.8. The molecule has 0 radical (unpaired) electrons. The Labute approximate surface area is 477 Å².